The number of hydrogen-bond donors (Lipinski definition) is 7. The van der Waals surface area contributed by atoms with E-state index < -0.39 is 76.2 Å². The molecule has 0 spiro atoms. The lowest BCUT2D eigenvalue weighted by Gasteiger charge is -2.17. The van der Waals surface area contributed by atoms with E-state index in [-0.39, 0.29) is 45.9 Å². The maximum absolute atomic E-state index is 12.0. The highest BCUT2D eigenvalue weighted by molar-refractivity contribution is 9.13. The first-order valence-corrected chi connectivity index (χ1v) is 40.7. The molecule has 0 saturated heterocycles. The van der Waals surface area contributed by atoms with Crippen LogP contribution >= 0.6 is 95.6 Å². The van der Waals surface area contributed by atoms with Gasteiger partial charge in [0.05, 0.1) is 89.7 Å². The van der Waals surface area contributed by atoms with Crippen molar-refractivity contribution in [1.82, 2.24) is 20.6 Å². The first kappa shape index (κ1) is 97.9. The molecule has 0 aliphatic carbocycles. The van der Waals surface area contributed by atoms with Gasteiger partial charge in [0.15, 0.2) is 40.2 Å². The van der Waals surface area contributed by atoms with Crippen molar-refractivity contribution in [1.29, 1.82) is 0 Å². The summed E-state index contributed by atoms with van der Waals surface area (Å²) in [5.41, 5.74) is 11.1. The summed E-state index contributed by atoms with van der Waals surface area (Å²) in [7, 11) is 8.88. The molecule has 7 N–H and O–H groups in total. The minimum absolute atomic E-state index is 0. The Hall–Kier alpha value is -13.5. The summed E-state index contributed by atoms with van der Waals surface area (Å²) in [6, 6.07) is 54.9. The number of rotatable bonds is 19. The number of tetrazole rings is 1. The Labute approximate surface area is 768 Å². The number of nitrogens with one attached hydrogen (secondary N) is 1. The summed E-state index contributed by atoms with van der Waals surface area (Å²) in [5, 5.41) is 141. The largest absolute Gasteiger partial charge is 0.504 e. The lowest BCUT2D eigenvalue weighted by molar-refractivity contribution is -0.386. The van der Waals surface area contributed by atoms with Crippen LogP contribution in [0.15, 0.2) is 230 Å². The molecule has 0 fully saturated rings. The van der Waals surface area contributed by atoms with Crippen molar-refractivity contribution in [3.63, 3.8) is 0 Å². The van der Waals surface area contributed by atoms with Gasteiger partial charge in [-0.3, -0.25) is 50.6 Å². The number of benzene rings is 12. The first-order valence-electron chi connectivity index (χ1n) is 36.0. The van der Waals surface area contributed by atoms with E-state index in [4.69, 9.17) is 38.6 Å². The molecule has 40 heteroatoms. The van der Waals surface area contributed by atoms with E-state index in [9.17, 15) is 71.0 Å². The lowest BCUT2D eigenvalue weighted by atomic mass is 9.91. The van der Waals surface area contributed by atoms with Crippen LogP contribution in [0.4, 0.5) is 28.4 Å². The van der Waals surface area contributed by atoms with Gasteiger partial charge >= 0.3 is 28.4 Å². The van der Waals surface area contributed by atoms with Crippen molar-refractivity contribution >= 4 is 130 Å². The second kappa shape index (κ2) is 44.2. The highest BCUT2D eigenvalue weighted by Crippen LogP contribution is 2.54. The number of ether oxygens (including phenoxy) is 6. The molecule has 1 aliphatic rings. The minimum Gasteiger partial charge on any atom is -0.504 e. The monoisotopic (exact) mass is 2100 g/mol. The van der Waals surface area contributed by atoms with Crippen molar-refractivity contribution in [2.45, 2.75) is 35.1 Å². The fraction of sp³-hybridized carbons (Fsp3) is 0.140. The number of aryl methyl sites for hydroxylation is 4. The first-order chi connectivity index (χ1) is 59.5. The molecule has 126 heavy (non-hydrogen) atoms. The molecule has 0 atom stereocenters. The molecule has 34 nitrogen and oxygen atoms in total. The molecule has 13 aromatic rings. The second-order valence-corrected chi connectivity index (χ2v) is 31.3. The van der Waals surface area contributed by atoms with Crippen LogP contribution in [0.5, 0.6) is 69.0 Å². The number of methoxy groups -OCH3 is 6. The second-order valence-electron chi connectivity index (χ2n) is 26.3. The van der Waals surface area contributed by atoms with Crippen LogP contribution in [0.25, 0.3) is 78.1 Å². The van der Waals surface area contributed by atoms with Crippen LogP contribution in [0.1, 0.15) is 35.2 Å². The molecular formula is C86H74Br6N12O22. The number of phenolic OH excluding ortho intramolecular Hbond substituents is 6. The summed E-state index contributed by atoms with van der Waals surface area (Å²) in [5.74, 6) is -1.28. The Balaban J connectivity index is 0.000000194. The number of nitro groups is 5. The highest BCUT2D eigenvalue weighted by Gasteiger charge is 2.34. The topological polar surface area (TPSA) is 484 Å². The van der Waals surface area contributed by atoms with Crippen molar-refractivity contribution in [3.05, 3.63) is 293 Å². The lowest BCUT2D eigenvalue weighted by Crippen LogP contribution is -2.01. The number of phenols is 6. The minimum atomic E-state index is -0.804. The third-order valence-corrected chi connectivity index (χ3v) is 24.1. The predicted octanol–water partition coefficient (Wildman–Crippen LogP) is 23.7. The van der Waals surface area contributed by atoms with Gasteiger partial charge in [0, 0.05) is 40.1 Å². The Morgan fingerprint density at radius 3 is 1.01 bits per heavy atom. The molecule has 0 saturated carbocycles. The molecule has 12 aromatic carbocycles. The molecule has 0 unspecified atom stereocenters. The summed E-state index contributed by atoms with van der Waals surface area (Å²) in [4.78, 5) is 53.7. The number of nitro benzene ring substituents is 5. The van der Waals surface area contributed by atoms with Crippen molar-refractivity contribution in [2.75, 3.05) is 49.2 Å². The number of aromatic nitrogens is 4. The van der Waals surface area contributed by atoms with Crippen LogP contribution in [-0.4, -0.2) is 131 Å². The molecule has 2 heterocycles. The Kier molecular flexibility index (Phi) is 34.3. The molecule has 652 valence electrons. The van der Waals surface area contributed by atoms with E-state index in [0.29, 0.717) is 93.4 Å². The molecule has 1 aliphatic heterocycles. The number of aromatic hydroxyl groups is 6. The normalized spacial score (nSPS) is 10.8. The Morgan fingerprint density at radius 1 is 0.349 bits per heavy atom. The summed E-state index contributed by atoms with van der Waals surface area (Å²) >= 11 is 18.9. The number of nitrogens with zero attached hydrogens (tertiary/aromatic N) is 11. The van der Waals surface area contributed by atoms with E-state index in [1.165, 1.54) is 40.6 Å². The maximum atomic E-state index is 12.0. The van der Waals surface area contributed by atoms with E-state index in [1.54, 1.807) is 87.0 Å². The third kappa shape index (κ3) is 22.9. The molecule has 14 rings (SSSR count). The van der Waals surface area contributed by atoms with Crippen LogP contribution in [0.2, 0.25) is 0 Å². The van der Waals surface area contributed by atoms with Gasteiger partial charge in [0.2, 0.25) is 34.6 Å². The van der Waals surface area contributed by atoms with Gasteiger partial charge in [-0.15, -0.1) is 15.3 Å². The fourth-order valence-electron chi connectivity index (χ4n) is 12.2. The van der Waals surface area contributed by atoms with E-state index >= 15 is 0 Å². The maximum Gasteiger partial charge on any atom is 0.330 e. The number of halogens is 6. The van der Waals surface area contributed by atoms with Gasteiger partial charge in [-0.25, -0.2) is 0 Å². The highest BCUT2D eigenvalue weighted by atomic mass is 79.9. The van der Waals surface area contributed by atoms with Crippen LogP contribution in [0, 0.1) is 78.3 Å². The van der Waals surface area contributed by atoms with Gasteiger partial charge in [-0.05, 0) is 215 Å². The summed E-state index contributed by atoms with van der Waals surface area (Å²) in [6.07, 6.45) is 0. The van der Waals surface area contributed by atoms with E-state index in [0.717, 1.165) is 65.1 Å². The van der Waals surface area contributed by atoms with E-state index in [1.807, 2.05) is 125 Å². The van der Waals surface area contributed by atoms with Crippen molar-refractivity contribution in [2.24, 2.45) is 15.4 Å². The zero-order valence-corrected chi connectivity index (χ0v) is 76.5. The molecule has 0 bridgehead atoms. The summed E-state index contributed by atoms with van der Waals surface area (Å²) < 4.78 is 34.0. The average Bonchev–Trinajstić information content (AvgIpc) is 0.804. The smallest absolute Gasteiger partial charge is 0.330 e. The predicted molar refractivity (Wildman–Crippen MR) is 495 cm³/mol. The molecular weight excluding hydrogens is 2030 g/mol. The molecule has 1 aromatic heterocycles. The molecule has 0 amide bonds. The van der Waals surface area contributed by atoms with Gasteiger partial charge in [0.1, 0.15) is 15.5 Å². The van der Waals surface area contributed by atoms with Crippen LogP contribution in [-0.2, 0) is 0 Å². The SMILES string of the molecule is C.COc1cc(-c2ccc(C)cc2)c(-c2ccc(C)cc2)c([N+](=O)[O-])c1OC.COc1cc(Br)c(Br)c([N+](=O)[O-])c1OC.COc1cc(Br)c(Br)cc1OC.Cc1ccc(-c2cc(O)c(O)c([N+](=O)[O-])c2-c2ccc(C)cc2)cc1.O=[N+]([O-])c1c(O)c(O)cc(-c2ccc(C3=NN=NC3)cc2)c1-c1ccc(-c2nn[nH]n2)cc1.O=[N+]([O-])c1c(O)c(O)cc(Br)c1Br. The van der Waals surface area contributed by atoms with Crippen LogP contribution in [0.3, 0.4) is 0 Å². The average molecular weight is 2110 g/mol. The quantitative estimate of drug-likeness (QED) is 0.0225. The van der Waals surface area contributed by atoms with Crippen LogP contribution < -0.4 is 28.4 Å². The number of H-pyrrole nitrogens is 1. The number of aromatic amines is 1. The van der Waals surface area contributed by atoms with Gasteiger partial charge < -0.3 is 59.1 Å². The summed E-state index contributed by atoms with van der Waals surface area (Å²) in [6.45, 7) is 8.23. The van der Waals surface area contributed by atoms with E-state index in [2.05, 4.69) is 132 Å². The zero-order chi connectivity index (χ0) is 91.5. The van der Waals surface area contributed by atoms with Gasteiger partial charge in [-0.2, -0.15) is 10.3 Å². The zero-order valence-electron chi connectivity index (χ0n) is 67.0. The Bertz CT molecular complexity index is 6210. The van der Waals surface area contributed by atoms with Crippen molar-refractivity contribution in [3.8, 4) is 147 Å². The third-order valence-electron chi connectivity index (χ3n) is 18.3. The number of hydrogen-bond acceptors (Lipinski definition) is 28. The Morgan fingerprint density at radius 2 is 0.651 bits per heavy atom. The molecule has 0 radical (unpaired) electrons. The van der Waals surface area contributed by atoms with Gasteiger partial charge in [-0.1, -0.05) is 175 Å². The van der Waals surface area contributed by atoms with Crippen molar-refractivity contribution < 1.29 is 83.7 Å². The van der Waals surface area contributed by atoms with Gasteiger partial charge in [0.25, 0.3) is 0 Å². The standard InChI is InChI=1S/C22H21NO4.C21H14N8O4.C20H17NO4.C8H7Br2NO4.C8H8Br2O2.C6H3Br2NO4.CH4/c1-14-5-9-16(10-6-14)18-13-19(26-3)22(27-4)21(23(24)25)20(18)17-11-7-15(2)8-12-17;30-17-9-15(11-1-3-12(4-2-11)16-10-22-26-23-16)18(19(20(17)31)29(32)33)13-5-7-14(8-6-13)21-24-27-28-25-21;1-12-3-7-14(8-4-12)16-11-17(22)20(23)19(21(24)25)18(16)15-9-5-13(2)6-10-15;1-14-5-3-4(9)6(10)7(11(12)13)8(5)15-2;1-11-7-3-5(9)6(10)4-8(7)12-2;7-2-1-3(10)6(11)5(4(2)8)9(12)13;/h5-13H,1-4H3;1-9,30-31H,10H2,(H,24,25,27,28);3-11,22-23H,1-2H3;3H,1-2H3;3-4H,1-2H3;1,10-11H;1H4. The fourth-order valence-corrected chi connectivity index (χ4v) is 14.5.